The Morgan fingerprint density at radius 2 is 2.14 bits per heavy atom. The second kappa shape index (κ2) is 5.25. The summed E-state index contributed by atoms with van der Waals surface area (Å²) < 4.78 is 14.3. The molecule has 0 bridgehead atoms. The third kappa shape index (κ3) is 2.29. The highest BCUT2D eigenvalue weighted by Crippen LogP contribution is 2.24. The molecule has 0 fully saturated rings. The molecule has 2 aromatic heterocycles. The van der Waals surface area contributed by atoms with Crippen molar-refractivity contribution in [3.05, 3.63) is 34.4 Å². The van der Waals surface area contributed by atoms with Crippen LogP contribution in [0.25, 0.3) is 16.6 Å². The Bertz CT molecular complexity index is 783. The molecule has 110 valence electrons. The van der Waals surface area contributed by atoms with E-state index in [1.807, 2.05) is 13.1 Å². The second-order valence-corrected chi connectivity index (χ2v) is 5.22. The number of anilines is 1. The summed E-state index contributed by atoms with van der Waals surface area (Å²) in [6.07, 6.45) is 4.07. The summed E-state index contributed by atoms with van der Waals surface area (Å²) in [5.41, 5.74) is 3.42. The molecule has 0 atom stereocenters. The maximum absolute atomic E-state index is 12.9. The fourth-order valence-electron chi connectivity index (χ4n) is 2.59. The molecule has 1 N–H and O–H groups in total. The van der Waals surface area contributed by atoms with E-state index in [4.69, 9.17) is 0 Å². The number of rotatable bonds is 2. The highest BCUT2D eigenvalue weighted by molar-refractivity contribution is 5.89. The summed E-state index contributed by atoms with van der Waals surface area (Å²) in [5.74, 6) is 0.0744. The van der Waals surface area contributed by atoms with E-state index < -0.39 is 0 Å². The first-order valence-electron chi connectivity index (χ1n) is 6.71. The van der Waals surface area contributed by atoms with Gasteiger partial charge in [0.25, 0.3) is 5.56 Å². The number of pyridine rings is 1. The molecule has 0 saturated carbocycles. The van der Waals surface area contributed by atoms with Crippen molar-refractivity contribution in [3.8, 4) is 0 Å². The van der Waals surface area contributed by atoms with Crippen LogP contribution in [0.5, 0.6) is 0 Å². The van der Waals surface area contributed by atoms with E-state index >= 15 is 0 Å². The summed E-state index contributed by atoms with van der Waals surface area (Å²) in [7, 11) is 3.67. The Kier molecular flexibility index (Phi) is 3.42. The van der Waals surface area contributed by atoms with Gasteiger partial charge in [0, 0.05) is 25.7 Å². The van der Waals surface area contributed by atoms with Crippen molar-refractivity contribution in [2.45, 2.75) is 6.42 Å². The molecule has 1 aliphatic heterocycles. The van der Waals surface area contributed by atoms with Crippen LogP contribution in [0.4, 0.5) is 10.3 Å². The molecule has 0 amide bonds. The molecule has 6 nitrogen and oxygen atoms in total. The number of fused-ring (bicyclic) bond motifs is 1. The van der Waals surface area contributed by atoms with E-state index in [2.05, 4.69) is 14.9 Å². The summed E-state index contributed by atoms with van der Waals surface area (Å²) in [6.45, 7) is 1.70. The van der Waals surface area contributed by atoms with E-state index in [0.717, 1.165) is 25.1 Å². The van der Waals surface area contributed by atoms with Crippen molar-refractivity contribution in [2.24, 2.45) is 7.05 Å². The van der Waals surface area contributed by atoms with Crippen molar-refractivity contribution >= 4 is 22.4 Å². The first kappa shape index (κ1) is 13.7. The van der Waals surface area contributed by atoms with Gasteiger partial charge in [-0.25, -0.2) is 15.5 Å². The van der Waals surface area contributed by atoms with Crippen LogP contribution in [0, 0.1) is 0 Å². The van der Waals surface area contributed by atoms with Crippen LogP contribution in [0.15, 0.2) is 23.3 Å². The molecule has 0 radical (unpaired) electrons. The molecule has 0 aliphatic carbocycles. The third-order valence-corrected chi connectivity index (χ3v) is 3.85. The van der Waals surface area contributed by atoms with Gasteiger partial charge in [0.15, 0.2) is 5.82 Å². The van der Waals surface area contributed by atoms with Gasteiger partial charge in [0.2, 0.25) is 0 Å². The average Bonchev–Trinajstić information content (AvgIpc) is 2.51. The van der Waals surface area contributed by atoms with Gasteiger partial charge in [0.1, 0.15) is 12.0 Å². The molecule has 0 unspecified atom stereocenters. The summed E-state index contributed by atoms with van der Waals surface area (Å²) in [4.78, 5) is 22.6. The number of hydrogen-bond donors (Lipinski definition) is 1. The Labute approximate surface area is 120 Å². The molecule has 3 heterocycles. The van der Waals surface area contributed by atoms with Crippen LogP contribution in [-0.4, -0.2) is 39.6 Å². The number of hydrogen-bond acceptors (Lipinski definition) is 5. The highest BCUT2D eigenvalue weighted by atomic mass is 19.2. The lowest BCUT2D eigenvalue weighted by Crippen LogP contribution is -2.27. The largest absolute Gasteiger partial charge is 0.302 e. The number of aryl methyl sites for hydroxylation is 1. The van der Waals surface area contributed by atoms with Crippen LogP contribution in [0.3, 0.4) is 0 Å². The van der Waals surface area contributed by atoms with Gasteiger partial charge in [-0.2, -0.15) is 0 Å². The van der Waals surface area contributed by atoms with Crippen molar-refractivity contribution in [1.29, 1.82) is 0 Å². The Morgan fingerprint density at radius 1 is 1.33 bits per heavy atom. The minimum absolute atomic E-state index is 0.0744. The van der Waals surface area contributed by atoms with Gasteiger partial charge >= 0.3 is 0 Å². The smallest absolute Gasteiger partial charge is 0.259 e. The zero-order valence-electron chi connectivity index (χ0n) is 11.9. The molecule has 7 heteroatoms. The number of likely N-dealkylation sites (N-methyl/N-ethyl adjacent to an activating group) is 1. The SMILES string of the molecule is CN1CC=C(c2cc3c(NF)ncnc3n(C)c2=O)CC1. The van der Waals surface area contributed by atoms with Crippen LogP contribution < -0.4 is 11.1 Å². The minimum Gasteiger partial charge on any atom is -0.302 e. The van der Waals surface area contributed by atoms with E-state index in [0.29, 0.717) is 16.6 Å². The number of nitrogens with one attached hydrogen (secondary N) is 1. The van der Waals surface area contributed by atoms with Crippen LogP contribution in [-0.2, 0) is 7.05 Å². The van der Waals surface area contributed by atoms with E-state index in [9.17, 15) is 9.28 Å². The van der Waals surface area contributed by atoms with Crippen LogP contribution >= 0.6 is 0 Å². The van der Waals surface area contributed by atoms with Gasteiger partial charge in [-0.3, -0.25) is 9.36 Å². The van der Waals surface area contributed by atoms with E-state index in [-0.39, 0.29) is 11.4 Å². The molecule has 3 rings (SSSR count). The second-order valence-electron chi connectivity index (χ2n) is 5.22. The standard InChI is InChI=1S/C14H16FN5O/c1-19-5-3-9(4-6-19)10-7-11-12(18-15)16-8-17-13(11)20(2)14(10)21/h3,7-8H,4-6H2,1-2H3,(H,16,17,18). The minimum atomic E-state index is -0.123. The quantitative estimate of drug-likeness (QED) is 0.845. The maximum Gasteiger partial charge on any atom is 0.259 e. The average molecular weight is 289 g/mol. The molecular weight excluding hydrogens is 273 g/mol. The summed E-state index contributed by atoms with van der Waals surface area (Å²) in [6, 6.07) is 1.68. The lowest BCUT2D eigenvalue weighted by Gasteiger charge is -2.22. The highest BCUT2D eigenvalue weighted by Gasteiger charge is 2.17. The van der Waals surface area contributed by atoms with Gasteiger partial charge in [-0.15, -0.1) is 4.48 Å². The fourth-order valence-corrected chi connectivity index (χ4v) is 2.59. The summed E-state index contributed by atoms with van der Waals surface area (Å²) in [5, 5.41) is 0.497. The predicted molar refractivity (Wildman–Crippen MR) is 79.6 cm³/mol. The maximum atomic E-state index is 12.9. The van der Waals surface area contributed by atoms with Crippen molar-refractivity contribution in [2.75, 3.05) is 25.7 Å². The van der Waals surface area contributed by atoms with Crippen molar-refractivity contribution in [1.82, 2.24) is 19.4 Å². The summed E-state index contributed by atoms with van der Waals surface area (Å²) >= 11 is 0. The molecule has 0 saturated heterocycles. The molecule has 21 heavy (non-hydrogen) atoms. The lowest BCUT2D eigenvalue weighted by molar-refractivity contribution is 0.370. The van der Waals surface area contributed by atoms with Crippen LogP contribution in [0.2, 0.25) is 0 Å². The lowest BCUT2D eigenvalue weighted by atomic mass is 10.00. The predicted octanol–water partition coefficient (Wildman–Crippen LogP) is 1.34. The van der Waals surface area contributed by atoms with Crippen molar-refractivity contribution < 1.29 is 4.48 Å². The fraction of sp³-hybridized carbons (Fsp3) is 0.357. The Morgan fingerprint density at radius 3 is 2.81 bits per heavy atom. The monoisotopic (exact) mass is 289 g/mol. The molecule has 0 spiro atoms. The third-order valence-electron chi connectivity index (χ3n) is 3.85. The van der Waals surface area contributed by atoms with E-state index in [1.165, 1.54) is 10.9 Å². The zero-order valence-corrected chi connectivity index (χ0v) is 11.9. The van der Waals surface area contributed by atoms with Crippen LogP contribution in [0.1, 0.15) is 12.0 Å². The van der Waals surface area contributed by atoms with Gasteiger partial charge in [-0.1, -0.05) is 6.08 Å². The first-order chi connectivity index (χ1) is 10.1. The van der Waals surface area contributed by atoms with E-state index in [1.54, 1.807) is 18.7 Å². The Balaban J connectivity index is 2.24. The van der Waals surface area contributed by atoms with Gasteiger partial charge in [0.05, 0.1) is 5.39 Å². The van der Waals surface area contributed by atoms with Gasteiger partial charge in [-0.05, 0) is 25.1 Å². The molecule has 0 aromatic carbocycles. The zero-order chi connectivity index (χ0) is 15.0. The topological polar surface area (TPSA) is 63.0 Å². The molecule has 1 aliphatic rings. The van der Waals surface area contributed by atoms with Crippen molar-refractivity contribution in [3.63, 3.8) is 0 Å². The Hall–Kier alpha value is -2.28. The molecule has 2 aromatic rings. The number of aromatic nitrogens is 3. The normalized spacial score (nSPS) is 16.0. The number of nitrogens with zero attached hydrogens (tertiary/aromatic N) is 4. The van der Waals surface area contributed by atoms with Gasteiger partial charge < -0.3 is 4.90 Å². The first-order valence-corrected chi connectivity index (χ1v) is 6.71. The molecular formula is C14H16FN5O. The number of halogens is 1.